The van der Waals surface area contributed by atoms with E-state index in [-0.39, 0.29) is 12.5 Å². The SMILES string of the molecule is CNCc1ccc(N(C)CC(N)=O)nc1. The van der Waals surface area contributed by atoms with E-state index in [1.165, 1.54) is 0 Å². The average molecular weight is 208 g/mol. The van der Waals surface area contributed by atoms with Crippen LogP contribution in [0.15, 0.2) is 18.3 Å². The highest BCUT2D eigenvalue weighted by Gasteiger charge is 2.04. The minimum Gasteiger partial charge on any atom is -0.368 e. The summed E-state index contributed by atoms with van der Waals surface area (Å²) in [7, 11) is 3.66. The molecular weight excluding hydrogens is 192 g/mol. The van der Waals surface area contributed by atoms with Gasteiger partial charge >= 0.3 is 0 Å². The number of primary amides is 1. The third-order valence-electron chi connectivity index (χ3n) is 1.97. The number of amides is 1. The molecule has 82 valence electrons. The molecule has 3 N–H and O–H groups in total. The van der Waals surface area contributed by atoms with E-state index >= 15 is 0 Å². The third kappa shape index (κ3) is 3.55. The fourth-order valence-electron chi connectivity index (χ4n) is 1.27. The molecule has 0 unspecified atom stereocenters. The number of hydrogen-bond acceptors (Lipinski definition) is 4. The van der Waals surface area contributed by atoms with Gasteiger partial charge in [0.1, 0.15) is 5.82 Å². The molecular formula is C10H16N4O. The van der Waals surface area contributed by atoms with Gasteiger partial charge in [0, 0.05) is 19.8 Å². The van der Waals surface area contributed by atoms with Crippen molar-refractivity contribution in [2.24, 2.45) is 5.73 Å². The van der Waals surface area contributed by atoms with Crippen molar-refractivity contribution in [3.63, 3.8) is 0 Å². The molecule has 1 amide bonds. The summed E-state index contributed by atoms with van der Waals surface area (Å²) in [6, 6.07) is 3.84. The van der Waals surface area contributed by atoms with Crippen molar-refractivity contribution in [2.45, 2.75) is 6.54 Å². The molecule has 0 saturated carbocycles. The largest absolute Gasteiger partial charge is 0.368 e. The van der Waals surface area contributed by atoms with E-state index in [9.17, 15) is 4.79 Å². The number of hydrogen-bond donors (Lipinski definition) is 2. The van der Waals surface area contributed by atoms with E-state index in [0.717, 1.165) is 17.9 Å². The van der Waals surface area contributed by atoms with Gasteiger partial charge in [-0.15, -0.1) is 0 Å². The molecule has 0 aliphatic carbocycles. The lowest BCUT2D eigenvalue weighted by atomic mass is 10.3. The van der Waals surface area contributed by atoms with Gasteiger partial charge < -0.3 is 16.0 Å². The van der Waals surface area contributed by atoms with Crippen molar-refractivity contribution < 1.29 is 4.79 Å². The number of pyridine rings is 1. The van der Waals surface area contributed by atoms with Gasteiger partial charge in [0.25, 0.3) is 0 Å². The van der Waals surface area contributed by atoms with Crippen LogP contribution in [0.2, 0.25) is 0 Å². The molecule has 1 aromatic rings. The standard InChI is InChI=1S/C10H16N4O/c1-12-5-8-3-4-10(13-6-8)14(2)7-9(11)15/h3-4,6,12H,5,7H2,1-2H3,(H2,11,15). The third-order valence-corrected chi connectivity index (χ3v) is 1.97. The Labute approximate surface area is 89.3 Å². The van der Waals surface area contributed by atoms with Gasteiger partial charge in [-0.3, -0.25) is 4.79 Å². The molecule has 0 aliphatic rings. The molecule has 0 radical (unpaired) electrons. The Bertz CT molecular complexity index is 323. The molecule has 5 nitrogen and oxygen atoms in total. The van der Waals surface area contributed by atoms with Gasteiger partial charge in [-0.05, 0) is 18.7 Å². The van der Waals surface area contributed by atoms with E-state index in [1.807, 2.05) is 19.2 Å². The Kier molecular flexibility index (Phi) is 4.05. The summed E-state index contributed by atoms with van der Waals surface area (Å²) in [5.41, 5.74) is 6.20. The lowest BCUT2D eigenvalue weighted by molar-refractivity contribution is -0.116. The van der Waals surface area contributed by atoms with Crippen molar-refractivity contribution in [3.05, 3.63) is 23.9 Å². The molecule has 5 heteroatoms. The molecule has 0 aromatic carbocycles. The lowest BCUT2D eigenvalue weighted by Gasteiger charge is -2.15. The minimum atomic E-state index is -0.362. The number of rotatable bonds is 5. The van der Waals surface area contributed by atoms with Crippen LogP contribution in [0.4, 0.5) is 5.82 Å². The molecule has 1 aromatic heterocycles. The molecule has 1 heterocycles. The van der Waals surface area contributed by atoms with E-state index in [4.69, 9.17) is 5.73 Å². The number of anilines is 1. The van der Waals surface area contributed by atoms with Gasteiger partial charge in [0.05, 0.1) is 6.54 Å². The number of nitrogens with zero attached hydrogens (tertiary/aromatic N) is 2. The smallest absolute Gasteiger partial charge is 0.236 e. The summed E-state index contributed by atoms with van der Waals surface area (Å²) in [5, 5.41) is 3.04. The highest BCUT2D eigenvalue weighted by Crippen LogP contribution is 2.08. The van der Waals surface area contributed by atoms with Crippen LogP contribution in [-0.4, -0.2) is 31.5 Å². The molecule has 0 saturated heterocycles. The predicted octanol–water partition coefficient (Wildman–Crippen LogP) is -0.277. The maximum atomic E-state index is 10.7. The Morgan fingerprint density at radius 1 is 1.60 bits per heavy atom. The van der Waals surface area contributed by atoms with Crippen LogP contribution in [0.1, 0.15) is 5.56 Å². The number of likely N-dealkylation sites (N-methyl/N-ethyl adjacent to an activating group) is 1. The van der Waals surface area contributed by atoms with Crippen LogP contribution in [0.5, 0.6) is 0 Å². The fraction of sp³-hybridized carbons (Fsp3) is 0.400. The summed E-state index contributed by atoms with van der Waals surface area (Å²) in [4.78, 5) is 16.6. The minimum absolute atomic E-state index is 0.179. The maximum Gasteiger partial charge on any atom is 0.236 e. The number of carbonyl (C=O) groups is 1. The van der Waals surface area contributed by atoms with Crippen LogP contribution in [0, 0.1) is 0 Å². The van der Waals surface area contributed by atoms with Gasteiger partial charge in [0.2, 0.25) is 5.91 Å². The van der Waals surface area contributed by atoms with Crippen molar-refractivity contribution in [3.8, 4) is 0 Å². The second kappa shape index (κ2) is 5.31. The average Bonchev–Trinajstić information content (AvgIpc) is 2.18. The summed E-state index contributed by atoms with van der Waals surface area (Å²) in [5.74, 6) is 0.382. The van der Waals surface area contributed by atoms with Crippen LogP contribution < -0.4 is 16.0 Å². The molecule has 15 heavy (non-hydrogen) atoms. The van der Waals surface area contributed by atoms with E-state index in [1.54, 1.807) is 18.1 Å². The fourth-order valence-corrected chi connectivity index (χ4v) is 1.27. The quantitative estimate of drug-likeness (QED) is 0.698. The van der Waals surface area contributed by atoms with Crippen molar-refractivity contribution in [2.75, 3.05) is 25.5 Å². The maximum absolute atomic E-state index is 10.7. The number of carbonyl (C=O) groups excluding carboxylic acids is 1. The monoisotopic (exact) mass is 208 g/mol. The zero-order valence-corrected chi connectivity index (χ0v) is 9.03. The first-order chi connectivity index (χ1) is 7.13. The highest BCUT2D eigenvalue weighted by molar-refractivity contribution is 5.78. The van der Waals surface area contributed by atoms with Crippen LogP contribution >= 0.6 is 0 Å². The Hall–Kier alpha value is -1.62. The highest BCUT2D eigenvalue weighted by atomic mass is 16.1. The van der Waals surface area contributed by atoms with Gasteiger partial charge in [-0.25, -0.2) is 4.98 Å². The van der Waals surface area contributed by atoms with Crippen LogP contribution in [0.3, 0.4) is 0 Å². The summed E-state index contributed by atoms with van der Waals surface area (Å²) >= 11 is 0. The van der Waals surface area contributed by atoms with Crippen molar-refractivity contribution >= 4 is 11.7 Å². The van der Waals surface area contributed by atoms with Crippen molar-refractivity contribution in [1.82, 2.24) is 10.3 Å². The van der Waals surface area contributed by atoms with Crippen molar-refractivity contribution in [1.29, 1.82) is 0 Å². The predicted molar refractivity (Wildman–Crippen MR) is 59.5 cm³/mol. The number of nitrogens with one attached hydrogen (secondary N) is 1. The molecule has 0 aliphatic heterocycles. The molecule has 0 bridgehead atoms. The molecule has 1 rings (SSSR count). The first kappa shape index (κ1) is 11.5. The van der Waals surface area contributed by atoms with Crippen LogP contribution in [0.25, 0.3) is 0 Å². The Balaban J connectivity index is 2.66. The zero-order chi connectivity index (χ0) is 11.3. The van der Waals surface area contributed by atoms with E-state index in [0.29, 0.717) is 0 Å². The normalized spacial score (nSPS) is 10.0. The van der Waals surface area contributed by atoms with Gasteiger partial charge in [-0.2, -0.15) is 0 Å². The number of nitrogens with two attached hydrogens (primary N) is 1. The van der Waals surface area contributed by atoms with Gasteiger partial charge in [0.15, 0.2) is 0 Å². The Morgan fingerprint density at radius 2 is 2.33 bits per heavy atom. The first-order valence-electron chi connectivity index (χ1n) is 4.72. The van der Waals surface area contributed by atoms with Gasteiger partial charge in [-0.1, -0.05) is 6.07 Å². The number of aromatic nitrogens is 1. The Morgan fingerprint density at radius 3 is 2.80 bits per heavy atom. The molecule has 0 fully saturated rings. The lowest BCUT2D eigenvalue weighted by Crippen LogP contribution is -2.31. The van der Waals surface area contributed by atoms with E-state index < -0.39 is 0 Å². The second-order valence-electron chi connectivity index (χ2n) is 3.38. The molecule has 0 atom stereocenters. The zero-order valence-electron chi connectivity index (χ0n) is 9.03. The van der Waals surface area contributed by atoms with E-state index in [2.05, 4.69) is 10.3 Å². The summed E-state index contributed by atoms with van der Waals surface area (Å²) in [6.45, 7) is 0.963. The first-order valence-corrected chi connectivity index (χ1v) is 4.72. The summed E-state index contributed by atoms with van der Waals surface area (Å²) in [6.07, 6.45) is 1.78. The summed E-state index contributed by atoms with van der Waals surface area (Å²) < 4.78 is 0. The van der Waals surface area contributed by atoms with Crippen LogP contribution in [-0.2, 0) is 11.3 Å². The topological polar surface area (TPSA) is 71.2 Å². The molecule has 0 spiro atoms. The second-order valence-corrected chi connectivity index (χ2v) is 3.38.